The predicted molar refractivity (Wildman–Crippen MR) is 60.9 cm³/mol. The second kappa shape index (κ2) is 4.72. The van der Waals surface area contributed by atoms with Gasteiger partial charge in [0.1, 0.15) is 12.2 Å². The normalized spacial score (nSPS) is 21.7. The summed E-state index contributed by atoms with van der Waals surface area (Å²) in [6, 6.07) is 6.19. The third-order valence-electron chi connectivity index (χ3n) is 2.75. The van der Waals surface area contributed by atoms with E-state index in [2.05, 4.69) is 5.32 Å². The third kappa shape index (κ3) is 2.56. The van der Waals surface area contributed by atoms with E-state index in [9.17, 15) is 9.18 Å². The lowest BCUT2D eigenvalue weighted by atomic mass is 10.1. The first kappa shape index (κ1) is 11.9. The van der Waals surface area contributed by atoms with Crippen molar-refractivity contribution in [2.24, 2.45) is 0 Å². The van der Waals surface area contributed by atoms with Crippen molar-refractivity contribution in [1.29, 1.82) is 5.26 Å². The van der Waals surface area contributed by atoms with Crippen molar-refractivity contribution in [3.8, 4) is 6.07 Å². The van der Waals surface area contributed by atoms with Gasteiger partial charge in [0.25, 0.3) is 0 Å². The fourth-order valence-corrected chi connectivity index (χ4v) is 2.17. The van der Waals surface area contributed by atoms with Gasteiger partial charge in [0, 0.05) is 22.5 Å². The summed E-state index contributed by atoms with van der Waals surface area (Å²) in [5.74, 6) is -0.752. The lowest BCUT2D eigenvalue weighted by Gasteiger charge is -2.05. The lowest BCUT2D eigenvalue weighted by Crippen LogP contribution is -2.25. The van der Waals surface area contributed by atoms with Crippen LogP contribution in [0.25, 0.3) is 0 Å². The van der Waals surface area contributed by atoms with Crippen molar-refractivity contribution in [2.75, 3.05) is 0 Å². The maximum Gasteiger partial charge on any atom is 0.234 e. The minimum Gasteiger partial charge on any atom is -0.352 e. The minimum atomic E-state index is -0.348. The number of hydrogen-bond acceptors (Lipinski definition) is 2. The van der Waals surface area contributed by atoms with Crippen LogP contribution in [0.2, 0.25) is 5.02 Å². The van der Waals surface area contributed by atoms with Crippen LogP contribution in [0.4, 0.5) is 4.39 Å². The fraction of sp³-hybridized carbons (Fsp3) is 0.333. The van der Waals surface area contributed by atoms with Gasteiger partial charge in [0.05, 0.1) is 6.07 Å². The number of amides is 1. The zero-order valence-electron chi connectivity index (χ0n) is 8.91. The monoisotopic (exact) mass is 252 g/mol. The zero-order valence-corrected chi connectivity index (χ0v) is 9.67. The summed E-state index contributed by atoms with van der Waals surface area (Å²) in [6.45, 7) is 0. The molecular formula is C12H10ClFN2O. The Morgan fingerprint density at radius 2 is 2.41 bits per heavy atom. The summed E-state index contributed by atoms with van der Waals surface area (Å²) in [4.78, 5) is 11.2. The highest BCUT2D eigenvalue weighted by atomic mass is 35.5. The summed E-state index contributed by atoms with van der Waals surface area (Å²) in [5, 5.41) is 11.4. The molecule has 2 atom stereocenters. The van der Waals surface area contributed by atoms with Crippen LogP contribution in [-0.4, -0.2) is 11.9 Å². The molecule has 2 unspecified atom stereocenters. The number of carbonyl (C=O) groups excluding carboxylic acids is 1. The van der Waals surface area contributed by atoms with Crippen molar-refractivity contribution in [3.05, 3.63) is 34.6 Å². The number of halogens is 2. The number of rotatable bonds is 3. The van der Waals surface area contributed by atoms with E-state index in [1.807, 2.05) is 0 Å². The van der Waals surface area contributed by atoms with Gasteiger partial charge in [-0.25, -0.2) is 4.39 Å². The molecule has 0 bridgehead atoms. The van der Waals surface area contributed by atoms with Gasteiger partial charge in [0.2, 0.25) is 5.91 Å². The molecule has 0 saturated heterocycles. The van der Waals surface area contributed by atoms with E-state index in [1.165, 1.54) is 6.07 Å². The Bertz CT molecular complexity index is 478. The number of nitriles is 1. The van der Waals surface area contributed by atoms with Gasteiger partial charge in [-0.05, 0) is 18.6 Å². The van der Waals surface area contributed by atoms with Crippen LogP contribution in [0.3, 0.4) is 0 Å². The largest absolute Gasteiger partial charge is 0.352 e. The highest BCUT2D eigenvalue weighted by molar-refractivity contribution is 6.31. The maximum absolute atomic E-state index is 13.6. The van der Waals surface area contributed by atoms with Crippen LogP contribution in [0.5, 0.6) is 0 Å². The molecule has 88 valence electrons. The average molecular weight is 253 g/mol. The predicted octanol–water partition coefficient (Wildman–Crippen LogP) is 2.36. The summed E-state index contributed by atoms with van der Waals surface area (Å²) in [6.07, 6.45) is 0.492. The first-order chi connectivity index (χ1) is 8.13. The molecule has 0 heterocycles. The van der Waals surface area contributed by atoms with Gasteiger partial charge in [0.15, 0.2) is 0 Å². The molecule has 3 nitrogen and oxygen atoms in total. The molecule has 1 amide bonds. The summed E-state index contributed by atoms with van der Waals surface area (Å²) < 4.78 is 13.6. The molecule has 1 fully saturated rings. The molecule has 1 aliphatic carbocycles. The number of carbonyl (C=O) groups is 1. The van der Waals surface area contributed by atoms with E-state index in [0.29, 0.717) is 17.0 Å². The van der Waals surface area contributed by atoms with E-state index in [4.69, 9.17) is 16.9 Å². The maximum atomic E-state index is 13.6. The summed E-state index contributed by atoms with van der Waals surface area (Å²) >= 11 is 5.92. The summed E-state index contributed by atoms with van der Waals surface area (Å²) in [5.41, 5.74) is 0.455. The Morgan fingerprint density at radius 3 is 3.06 bits per heavy atom. The van der Waals surface area contributed by atoms with Gasteiger partial charge >= 0.3 is 0 Å². The molecule has 1 aromatic carbocycles. The molecule has 0 aromatic heterocycles. The summed E-state index contributed by atoms with van der Waals surface area (Å²) in [7, 11) is 0. The highest BCUT2D eigenvalue weighted by Crippen LogP contribution is 2.44. The van der Waals surface area contributed by atoms with Crippen LogP contribution in [0, 0.1) is 17.1 Å². The molecule has 0 radical (unpaired) electrons. The highest BCUT2D eigenvalue weighted by Gasteiger charge is 2.42. The quantitative estimate of drug-likeness (QED) is 0.898. The van der Waals surface area contributed by atoms with Crippen LogP contribution >= 0.6 is 11.6 Å². The SMILES string of the molecule is N#CCC(=O)NC1CC1c1c(F)cccc1Cl. The van der Waals surface area contributed by atoms with Crippen LogP contribution < -0.4 is 5.32 Å². The molecule has 1 aromatic rings. The zero-order chi connectivity index (χ0) is 12.4. The Hall–Kier alpha value is -1.60. The molecule has 1 aliphatic rings. The lowest BCUT2D eigenvalue weighted by molar-refractivity contribution is -0.120. The van der Waals surface area contributed by atoms with Crippen LogP contribution in [0.1, 0.15) is 24.3 Å². The van der Waals surface area contributed by atoms with Crippen LogP contribution in [0.15, 0.2) is 18.2 Å². The molecular weight excluding hydrogens is 243 g/mol. The molecule has 5 heteroatoms. The van der Waals surface area contributed by atoms with Gasteiger partial charge in [-0.15, -0.1) is 0 Å². The standard InChI is InChI=1S/C12H10ClFN2O/c13-8-2-1-3-9(14)12(8)7-6-10(7)16-11(17)4-5-15/h1-3,7,10H,4,6H2,(H,16,17). The van der Waals surface area contributed by atoms with Crippen LogP contribution in [-0.2, 0) is 4.79 Å². The third-order valence-corrected chi connectivity index (χ3v) is 3.08. The smallest absolute Gasteiger partial charge is 0.234 e. The number of hydrogen-bond donors (Lipinski definition) is 1. The van der Waals surface area contributed by atoms with Crippen molar-refractivity contribution < 1.29 is 9.18 Å². The number of nitrogens with one attached hydrogen (secondary N) is 1. The first-order valence-corrected chi connectivity index (χ1v) is 5.61. The van der Waals surface area contributed by atoms with Gasteiger partial charge in [-0.1, -0.05) is 17.7 Å². The Labute approximate surface area is 103 Å². The first-order valence-electron chi connectivity index (χ1n) is 5.23. The fourth-order valence-electron chi connectivity index (χ4n) is 1.87. The van der Waals surface area contributed by atoms with E-state index < -0.39 is 0 Å². The Morgan fingerprint density at radius 1 is 1.65 bits per heavy atom. The van der Waals surface area contributed by atoms with E-state index in [1.54, 1.807) is 18.2 Å². The van der Waals surface area contributed by atoms with E-state index in [-0.39, 0.29) is 30.1 Å². The number of benzene rings is 1. The molecule has 0 spiro atoms. The average Bonchev–Trinajstić information content (AvgIpc) is 2.97. The van der Waals surface area contributed by atoms with Crippen molar-refractivity contribution >= 4 is 17.5 Å². The Balaban J connectivity index is 2.04. The Kier molecular flexibility index (Phi) is 3.30. The topological polar surface area (TPSA) is 52.9 Å². The minimum absolute atomic E-state index is 0.0775. The van der Waals surface area contributed by atoms with Crippen molar-refractivity contribution in [2.45, 2.75) is 24.8 Å². The number of nitrogens with zero attached hydrogens (tertiary/aromatic N) is 1. The van der Waals surface area contributed by atoms with E-state index >= 15 is 0 Å². The molecule has 0 aliphatic heterocycles. The van der Waals surface area contributed by atoms with Crippen molar-refractivity contribution in [1.82, 2.24) is 5.32 Å². The van der Waals surface area contributed by atoms with E-state index in [0.717, 1.165) is 0 Å². The molecule has 17 heavy (non-hydrogen) atoms. The van der Waals surface area contributed by atoms with Gasteiger partial charge in [-0.3, -0.25) is 4.79 Å². The molecule has 1 saturated carbocycles. The van der Waals surface area contributed by atoms with Gasteiger partial charge < -0.3 is 5.32 Å². The molecule has 2 rings (SSSR count). The second-order valence-electron chi connectivity index (χ2n) is 3.99. The molecule has 1 N–H and O–H groups in total. The second-order valence-corrected chi connectivity index (χ2v) is 4.39. The van der Waals surface area contributed by atoms with Crippen molar-refractivity contribution in [3.63, 3.8) is 0 Å². The van der Waals surface area contributed by atoms with Gasteiger partial charge in [-0.2, -0.15) is 5.26 Å².